The molecule has 0 aromatic carbocycles. The zero-order valence-corrected chi connectivity index (χ0v) is 11.7. The summed E-state index contributed by atoms with van der Waals surface area (Å²) in [6, 6.07) is 0. The number of anilines is 1. The molecular formula is C12H16N2O3S. The predicted molar refractivity (Wildman–Crippen MR) is 71.4 cm³/mol. The quantitative estimate of drug-likeness (QED) is 0.672. The van der Waals surface area contributed by atoms with Gasteiger partial charge >= 0.3 is 5.97 Å². The first-order valence-electron chi connectivity index (χ1n) is 5.58. The summed E-state index contributed by atoms with van der Waals surface area (Å²) < 4.78 is 4.96. The van der Waals surface area contributed by atoms with Crippen molar-refractivity contribution in [1.29, 1.82) is 0 Å². The lowest BCUT2D eigenvalue weighted by Crippen LogP contribution is -2.08. The van der Waals surface area contributed by atoms with E-state index >= 15 is 0 Å². The molecule has 1 rings (SSSR count). The number of aromatic nitrogens is 1. The number of hydrogen-bond acceptors (Lipinski definition) is 5. The monoisotopic (exact) mass is 268 g/mol. The lowest BCUT2D eigenvalue weighted by atomic mass is 10.1. The van der Waals surface area contributed by atoms with Crippen molar-refractivity contribution in [3.05, 3.63) is 16.6 Å². The molecule has 0 atom stereocenters. The van der Waals surface area contributed by atoms with Gasteiger partial charge in [0.2, 0.25) is 5.91 Å². The second-order valence-electron chi connectivity index (χ2n) is 3.53. The van der Waals surface area contributed by atoms with Gasteiger partial charge in [0.1, 0.15) is 0 Å². The van der Waals surface area contributed by atoms with E-state index in [9.17, 15) is 9.59 Å². The molecule has 0 bridgehead atoms. The molecule has 0 unspecified atom stereocenters. The molecule has 18 heavy (non-hydrogen) atoms. The molecule has 0 spiro atoms. The van der Waals surface area contributed by atoms with Crippen LogP contribution in [0.2, 0.25) is 0 Å². The third-order valence-electron chi connectivity index (χ3n) is 2.12. The van der Waals surface area contributed by atoms with Crippen molar-refractivity contribution >= 4 is 33.9 Å². The molecule has 98 valence electrons. The number of allylic oxidation sites excluding steroid dienone is 1. The van der Waals surface area contributed by atoms with Gasteiger partial charge in [-0.05, 0) is 20.8 Å². The molecule has 6 heteroatoms. The van der Waals surface area contributed by atoms with Crippen LogP contribution >= 0.6 is 11.3 Å². The van der Waals surface area contributed by atoms with E-state index in [1.165, 1.54) is 18.3 Å². The Morgan fingerprint density at radius 1 is 1.50 bits per heavy atom. The summed E-state index contributed by atoms with van der Waals surface area (Å²) in [5.74, 6) is -0.587. The number of aryl methyl sites for hydroxylation is 1. The molecule has 0 aliphatic rings. The Labute approximate surface area is 110 Å². The lowest BCUT2D eigenvalue weighted by molar-refractivity contribution is -0.136. The zero-order chi connectivity index (χ0) is 13.7. The summed E-state index contributed by atoms with van der Waals surface area (Å²) in [5.41, 5.74) is 0.979. The predicted octanol–water partition coefficient (Wildman–Crippen LogP) is 2.38. The Hall–Kier alpha value is -1.69. The van der Waals surface area contributed by atoms with Gasteiger partial charge in [-0.1, -0.05) is 6.08 Å². The van der Waals surface area contributed by atoms with Crippen molar-refractivity contribution in [3.63, 3.8) is 0 Å². The van der Waals surface area contributed by atoms with Gasteiger partial charge in [0.15, 0.2) is 5.13 Å². The minimum atomic E-state index is -0.400. The highest BCUT2D eigenvalue weighted by Gasteiger charge is 2.19. The van der Waals surface area contributed by atoms with Crippen LogP contribution < -0.4 is 5.32 Å². The van der Waals surface area contributed by atoms with Gasteiger partial charge in [0, 0.05) is 11.8 Å². The van der Waals surface area contributed by atoms with E-state index in [4.69, 9.17) is 4.74 Å². The molecule has 0 radical (unpaired) electrons. The molecule has 1 heterocycles. The van der Waals surface area contributed by atoms with Crippen LogP contribution in [0.5, 0.6) is 0 Å². The van der Waals surface area contributed by atoms with Crippen molar-refractivity contribution in [1.82, 2.24) is 4.98 Å². The first kappa shape index (κ1) is 14.4. The van der Waals surface area contributed by atoms with Crippen molar-refractivity contribution in [2.75, 3.05) is 11.9 Å². The average Bonchev–Trinajstić information content (AvgIpc) is 2.60. The minimum Gasteiger partial charge on any atom is -0.462 e. The Morgan fingerprint density at radius 3 is 2.67 bits per heavy atom. The summed E-state index contributed by atoms with van der Waals surface area (Å²) in [6.07, 6.45) is 1.66. The minimum absolute atomic E-state index is 0.187. The molecule has 5 nitrogen and oxygen atoms in total. The maximum absolute atomic E-state index is 11.7. The average molecular weight is 268 g/mol. The fourth-order valence-corrected chi connectivity index (χ4v) is 2.28. The largest absolute Gasteiger partial charge is 0.462 e. The van der Waals surface area contributed by atoms with Crippen LogP contribution in [-0.4, -0.2) is 23.5 Å². The molecule has 0 saturated carbocycles. The van der Waals surface area contributed by atoms with Crippen LogP contribution in [0.4, 0.5) is 5.13 Å². The molecule has 0 fully saturated rings. The number of carbonyl (C=O) groups excluding carboxylic acids is 2. The maximum atomic E-state index is 11.7. The molecule has 1 aromatic heterocycles. The summed E-state index contributed by atoms with van der Waals surface area (Å²) >= 11 is 1.33. The van der Waals surface area contributed by atoms with Gasteiger partial charge in [-0.3, -0.25) is 4.79 Å². The summed E-state index contributed by atoms with van der Waals surface area (Å²) in [5, 5.41) is 3.09. The number of rotatable bonds is 4. The Kier molecular flexibility index (Phi) is 5.03. The van der Waals surface area contributed by atoms with Crippen molar-refractivity contribution < 1.29 is 14.3 Å². The van der Waals surface area contributed by atoms with Crippen molar-refractivity contribution in [3.8, 4) is 0 Å². The summed E-state index contributed by atoms with van der Waals surface area (Å²) in [7, 11) is 0. The van der Waals surface area contributed by atoms with Crippen LogP contribution in [0.3, 0.4) is 0 Å². The molecule has 0 aliphatic carbocycles. The van der Waals surface area contributed by atoms with Crippen LogP contribution in [0.1, 0.15) is 31.3 Å². The third-order valence-corrected chi connectivity index (χ3v) is 3.00. The normalized spacial score (nSPS) is 11.2. The number of amides is 1. The second kappa shape index (κ2) is 6.30. The van der Waals surface area contributed by atoms with Crippen molar-refractivity contribution in [2.24, 2.45) is 0 Å². The highest BCUT2D eigenvalue weighted by Crippen LogP contribution is 2.28. The number of hydrogen-bond donors (Lipinski definition) is 1. The molecule has 1 N–H and O–H groups in total. The topological polar surface area (TPSA) is 68.3 Å². The number of esters is 1. The highest BCUT2D eigenvalue weighted by atomic mass is 32.1. The van der Waals surface area contributed by atoms with E-state index in [1.807, 2.05) is 6.92 Å². The summed E-state index contributed by atoms with van der Waals surface area (Å²) in [4.78, 5) is 27.8. The standard InChI is InChI=1S/C12H16N2O3S/c1-5-9(11(16)17-6-2)10-7(3)18-12(14-10)13-8(4)15/h5H,6H2,1-4H3,(H,13,14,15). The fraction of sp³-hybridized carbons (Fsp3) is 0.417. The van der Waals surface area contributed by atoms with Crippen LogP contribution in [0.25, 0.3) is 5.57 Å². The molecule has 1 amide bonds. The van der Waals surface area contributed by atoms with E-state index in [1.54, 1.807) is 19.9 Å². The van der Waals surface area contributed by atoms with Gasteiger partial charge in [0.05, 0.1) is 17.9 Å². The molecule has 0 saturated heterocycles. The molecule has 1 aromatic rings. The number of nitrogens with zero attached hydrogens (tertiary/aromatic N) is 1. The Balaban J connectivity index is 3.04. The summed E-state index contributed by atoms with van der Waals surface area (Å²) in [6.45, 7) is 7.09. The Bertz CT molecular complexity index is 492. The fourth-order valence-electron chi connectivity index (χ4n) is 1.41. The van der Waals surface area contributed by atoms with E-state index < -0.39 is 5.97 Å². The second-order valence-corrected chi connectivity index (χ2v) is 4.73. The van der Waals surface area contributed by atoms with Gasteiger partial charge in [-0.2, -0.15) is 0 Å². The van der Waals surface area contributed by atoms with E-state index in [0.29, 0.717) is 23.0 Å². The Morgan fingerprint density at radius 2 is 2.17 bits per heavy atom. The number of thiazole rings is 1. The SMILES string of the molecule is CC=C(C(=O)OCC)c1nc(NC(C)=O)sc1C. The van der Waals surface area contributed by atoms with E-state index in [0.717, 1.165) is 4.88 Å². The number of carbonyl (C=O) groups is 2. The third kappa shape index (κ3) is 3.40. The number of ether oxygens (including phenoxy) is 1. The van der Waals surface area contributed by atoms with Gasteiger partial charge in [-0.15, -0.1) is 11.3 Å². The molecular weight excluding hydrogens is 252 g/mol. The highest BCUT2D eigenvalue weighted by molar-refractivity contribution is 7.16. The number of nitrogens with one attached hydrogen (secondary N) is 1. The zero-order valence-electron chi connectivity index (χ0n) is 10.9. The van der Waals surface area contributed by atoms with Crippen LogP contribution in [0.15, 0.2) is 6.08 Å². The van der Waals surface area contributed by atoms with E-state index in [-0.39, 0.29) is 5.91 Å². The van der Waals surface area contributed by atoms with Crippen molar-refractivity contribution in [2.45, 2.75) is 27.7 Å². The lowest BCUT2D eigenvalue weighted by Gasteiger charge is -2.04. The van der Waals surface area contributed by atoms with Gasteiger partial charge in [-0.25, -0.2) is 9.78 Å². The first-order valence-corrected chi connectivity index (χ1v) is 6.40. The maximum Gasteiger partial charge on any atom is 0.340 e. The smallest absolute Gasteiger partial charge is 0.340 e. The van der Waals surface area contributed by atoms with Crippen LogP contribution in [0, 0.1) is 6.92 Å². The van der Waals surface area contributed by atoms with Gasteiger partial charge < -0.3 is 10.1 Å². The van der Waals surface area contributed by atoms with Gasteiger partial charge in [0.25, 0.3) is 0 Å². The first-order chi connectivity index (χ1) is 8.49. The van der Waals surface area contributed by atoms with E-state index in [2.05, 4.69) is 10.3 Å². The molecule has 0 aliphatic heterocycles. The van der Waals surface area contributed by atoms with Crippen LogP contribution in [-0.2, 0) is 14.3 Å².